The first kappa shape index (κ1) is 24.5. The number of nitrogens with zero attached hydrogens (tertiary/aromatic N) is 2. The zero-order valence-electron chi connectivity index (χ0n) is 18.0. The number of sulfonamides is 1. The monoisotopic (exact) mass is 472 g/mol. The smallest absolute Gasteiger partial charge is 0.309 e. The third kappa shape index (κ3) is 6.23. The predicted molar refractivity (Wildman–Crippen MR) is 113 cm³/mol. The fraction of sp³-hybridized carbons (Fsp3) is 0.600. The molecule has 0 radical (unpaired) electrons. The van der Waals surface area contributed by atoms with E-state index < -0.39 is 33.9 Å². The van der Waals surface area contributed by atoms with E-state index in [0.717, 1.165) is 23.5 Å². The van der Waals surface area contributed by atoms with Crippen LogP contribution >= 0.6 is 0 Å². The molecule has 2 aliphatic rings. The molecule has 12 heteroatoms. The van der Waals surface area contributed by atoms with Crippen LogP contribution in [0.3, 0.4) is 0 Å². The van der Waals surface area contributed by atoms with Gasteiger partial charge in [-0.15, -0.1) is 0 Å². The number of halogens is 1. The normalized spacial score (nSPS) is 20.6. The lowest BCUT2D eigenvalue weighted by atomic mass is 10.2. The number of morpholine rings is 1. The lowest BCUT2D eigenvalue weighted by molar-refractivity contribution is -0.140. The molecule has 2 aliphatic heterocycles. The van der Waals surface area contributed by atoms with Gasteiger partial charge in [0.15, 0.2) is 0 Å². The summed E-state index contributed by atoms with van der Waals surface area (Å²) in [4.78, 5) is 26.3. The number of ether oxygens (including phenoxy) is 2. The number of carbonyl (C=O) groups is 2. The number of hydrogen-bond donors (Lipinski definition) is 2. The number of carbonyl (C=O) groups excluding carboxylic acids is 2. The van der Waals surface area contributed by atoms with E-state index in [1.54, 1.807) is 0 Å². The molecule has 2 saturated heterocycles. The highest BCUT2D eigenvalue weighted by Crippen LogP contribution is 2.23. The maximum Gasteiger partial charge on any atom is 0.309 e. The third-order valence-electron chi connectivity index (χ3n) is 5.35. The molecule has 1 atom stereocenters. The van der Waals surface area contributed by atoms with E-state index in [1.807, 2.05) is 0 Å². The Morgan fingerprint density at radius 3 is 2.56 bits per heavy atom. The van der Waals surface area contributed by atoms with Crippen LogP contribution in [0.15, 0.2) is 23.1 Å². The van der Waals surface area contributed by atoms with Crippen molar-refractivity contribution in [3.05, 3.63) is 29.6 Å². The largest absolute Gasteiger partial charge is 0.379 e. The van der Waals surface area contributed by atoms with E-state index in [4.69, 9.17) is 9.47 Å². The minimum absolute atomic E-state index is 0.0564. The minimum atomic E-state index is -3.97. The molecule has 1 aromatic carbocycles. The molecule has 178 valence electrons. The van der Waals surface area contributed by atoms with E-state index in [-0.39, 0.29) is 23.5 Å². The van der Waals surface area contributed by atoms with Gasteiger partial charge in [-0.25, -0.2) is 12.8 Å². The molecular formula is C20H29FN4O6S. The molecule has 1 aromatic rings. The van der Waals surface area contributed by atoms with E-state index in [9.17, 15) is 22.4 Å². The summed E-state index contributed by atoms with van der Waals surface area (Å²) in [7, 11) is -3.97. The van der Waals surface area contributed by atoms with Gasteiger partial charge < -0.3 is 20.1 Å². The summed E-state index contributed by atoms with van der Waals surface area (Å²) in [5.41, 5.74) is 0.211. The lowest BCUT2D eigenvalue weighted by Crippen LogP contribution is -2.53. The highest BCUT2D eigenvalue weighted by molar-refractivity contribution is 7.89. The summed E-state index contributed by atoms with van der Waals surface area (Å²) < 4.78 is 51.6. The summed E-state index contributed by atoms with van der Waals surface area (Å²) in [5, 5.41) is 4.99. The number of rotatable bonds is 7. The van der Waals surface area contributed by atoms with Crippen molar-refractivity contribution in [1.82, 2.24) is 19.8 Å². The van der Waals surface area contributed by atoms with Crippen LogP contribution in [0.25, 0.3) is 0 Å². The highest BCUT2D eigenvalue weighted by atomic mass is 32.2. The molecule has 2 heterocycles. The van der Waals surface area contributed by atoms with Gasteiger partial charge in [-0.05, 0) is 37.1 Å². The molecule has 0 aromatic heterocycles. The van der Waals surface area contributed by atoms with Crippen LogP contribution in [0.1, 0.15) is 12.0 Å². The number of nitrogens with one attached hydrogen (secondary N) is 2. The molecule has 2 N–H and O–H groups in total. The first-order valence-electron chi connectivity index (χ1n) is 10.5. The number of hydrogen-bond acceptors (Lipinski definition) is 7. The summed E-state index contributed by atoms with van der Waals surface area (Å²) >= 11 is 0. The summed E-state index contributed by atoms with van der Waals surface area (Å²) in [6.45, 7) is 5.57. The van der Waals surface area contributed by atoms with E-state index in [0.29, 0.717) is 39.3 Å². The Balaban J connectivity index is 1.53. The summed E-state index contributed by atoms with van der Waals surface area (Å²) in [6.07, 6.45) is -0.490. The van der Waals surface area contributed by atoms with Gasteiger partial charge in [0.05, 0.1) is 31.3 Å². The van der Waals surface area contributed by atoms with Crippen LogP contribution in [0.4, 0.5) is 4.39 Å². The van der Waals surface area contributed by atoms with Crippen molar-refractivity contribution in [2.75, 3.05) is 59.1 Å². The van der Waals surface area contributed by atoms with Crippen molar-refractivity contribution in [3.63, 3.8) is 0 Å². The second-order valence-corrected chi connectivity index (χ2v) is 9.52. The van der Waals surface area contributed by atoms with Crippen LogP contribution in [0, 0.1) is 12.7 Å². The second kappa shape index (κ2) is 11.1. The van der Waals surface area contributed by atoms with Gasteiger partial charge in [-0.3, -0.25) is 14.5 Å². The fourth-order valence-electron chi connectivity index (χ4n) is 3.51. The van der Waals surface area contributed by atoms with Crippen LogP contribution in [0.2, 0.25) is 0 Å². The predicted octanol–water partition coefficient (Wildman–Crippen LogP) is -0.564. The van der Waals surface area contributed by atoms with Gasteiger partial charge >= 0.3 is 11.8 Å². The molecule has 0 spiro atoms. The van der Waals surface area contributed by atoms with E-state index >= 15 is 0 Å². The Labute approximate surface area is 187 Å². The Morgan fingerprint density at radius 1 is 1.12 bits per heavy atom. The van der Waals surface area contributed by atoms with E-state index in [1.165, 1.54) is 19.1 Å². The quantitative estimate of drug-likeness (QED) is 0.511. The second-order valence-electron chi connectivity index (χ2n) is 7.63. The molecule has 32 heavy (non-hydrogen) atoms. The maximum absolute atomic E-state index is 13.6. The number of aryl methyl sites for hydroxylation is 1. The van der Waals surface area contributed by atoms with Crippen LogP contribution in [0.5, 0.6) is 0 Å². The fourth-order valence-corrected chi connectivity index (χ4v) is 5.16. The molecule has 0 aliphatic carbocycles. The summed E-state index contributed by atoms with van der Waals surface area (Å²) in [6, 6.07) is 3.56. The van der Waals surface area contributed by atoms with Gasteiger partial charge in [0.25, 0.3) is 0 Å². The van der Waals surface area contributed by atoms with Crippen molar-refractivity contribution in [3.8, 4) is 0 Å². The minimum Gasteiger partial charge on any atom is -0.379 e. The molecule has 10 nitrogen and oxygen atoms in total. The van der Waals surface area contributed by atoms with Gasteiger partial charge in [0.2, 0.25) is 10.0 Å². The Hall–Kier alpha value is -2.12. The molecule has 0 saturated carbocycles. The van der Waals surface area contributed by atoms with Gasteiger partial charge in [-0.1, -0.05) is 0 Å². The standard InChI is InChI=1S/C20H29FN4O6S/c1-15-13-16(3-4-17(15)21)32(28,29)25-6-2-10-31-18(25)14-23-20(27)19(26)22-5-7-24-8-11-30-12-9-24/h3-4,13,18H,2,5-12,14H2,1H3,(H,22,26)(H,23,27). The van der Waals surface area contributed by atoms with Gasteiger partial charge in [0.1, 0.15) is 12.0 Å². The SMILES string of the molecule is Cc1cc(S(=O)(=O)N2CCCOC2CNC(=O)C(=O)NCCN2CCOCC2)ccc1F. The average Bonchev–Trinajstić information content (AvgIpc) is 2.80. The first-order chi connectivity index (χ1) is 15.3. The third-order valence-corrected chi connectivity index (χ3v) is 7.24. The van der Waals surface area contributed by atoms with Crippen LogP contribution in [-0.2, 0) is 29.1 Å². The Morgan fingerprint density at radius 2 is 1.84 bits per heavy atom. The van der Waals surface area contributed by atoms with Gasteiger partial charge in [0, 0.05) is 32.7 Å². The molecule has 0 bridgehead atoms. The molecule has 3 rings (SSSR count). The van der Waals surface area contributed by atoms with Gasteiger partial charge in [-0.2, -0.15) is 4.31 Å². The zero-order valence-corrected chi connectivity index (χ0v) is 18.8. The number of amides is 2. The molecule has 1 unspecified atom stereocenters. The molecule has 2 amide bonds. The zero-order chi connectivity index (χ0) is 23.1. The average molecular weight is 473 g/mol. The van der Waals surface area contributed by atoms with Crippen molar-refractivity contribution >= 4 is 21.8 Å². The van der Waals surface area contributed by atoms with Crippen LogP contribution < -0.4 is 10.6 Å². The Kier molecular flexibility index (Phi) is 8.54. The van der Waals surface area contributed by atoms with Crippen molar-refractivity contribution in [2.24, 2.45) is 0 Å². The first-order valence-corrected chi connectivity index (χ1v) is 12.0. The van der Waals surface area contributed by atoms with Crippen molar-refractivity contribution in [1.29, 1.82) is 0 Å². The van der Waals surface area contributed by atoms with Crippen molar-refractivity contribution in [2.45, 2.75) is 24.5 Å². The number of benzene rings is 1. The molecular weight excluding hydrogens is 443 g/mol. The van der Waals surface area contributed by atoms with Crippen LogP contribution in [-0.4, -0.2) is 94.8 Å². The summed E-state index contributed by atoms with van der Waals surface area (Å²) in [5.74, 6) is -2.16. The van der Waals surface area contributed by atoms with E-state index in [2.05, 4.69) is 15.5 Å². The highest BCUT2D eigenvalue weighted by Gasteiger charge is 2.35. The molecule has 2 fully saturated rings. The Bertz CT molecular complexity index is 923. The topological polar surface area (TPSA) is 117 Å². The lowest BCUT2D eigenvalue weighted by Gasteiger charge is -2.34. The van der Waals surface area contributed by atoms with Crippen molar-refractivity contribution < 1.29 is 31.9 Å². The maximum atomic E-state index is 13.6.